The van der Waals surface area contributed by atoms with Crippen LogP contribution in [0.1, 0.15) is 31.9 Å². The Hall–Kier alpha value is -1.17. The molecular weight excluding hydrogens is 250 g/mol. The molecule has 4 nitrogen and oxygen atoms in total. The highest BCUT2D eigenvalue weighted by molar-refractivity contribution is 7.86. The summed E-state index contributed by atoms with van der Waals surface area (Å²) in [6, 6.07) is 7.00. The molecule has 0 aliphatic heterocycles. The van der Waals surface area contributed by atoms with Gasteiger partial charge in [0, 0.05) is 0 Å². The fourth-order valence-corrected chi connectivity index (χ4v) is 2.76. The quantitative estimate of drug-likeness (QED) is 0.822. The molecule has 0 fully saturated rings. The Morgan fingerprint density at radius 3 is 2.00 bits per heavy atom. The minimum Gasteiger partial charge on any atom is -0.344 e. The van der Waals surface area contributed by atoms with Gasteiger partial charge in [-0.1, -0.05) is 50.8 Å². The third kappa shape index (κ3) is 2.80. The maximum absolute atomic E-state index is 11.6. The van der Waals surface area contributed by atoms with Gasteiger partial charge in [-0.3, -0.25) is 4.55 Å². The molecule has 4 N–H and O–H groups in total. The van der Waals surface area contributed by atoms with Crippen LogP contribution in [0.4, 0.5) is 0 Å². The van der Waals surface area contributed by atoms with E-state index in [1.807, 2.05) is 0 Å². The average Bonchev–Trinajstić information content (AvgIpc) is 2.26. The molecule has 0 saturated carbocycles. The molecule has 0 heterocycles. The summed E-state index contributed by atoms with van der Waals surface area (Å²) in [6.45, 7) is 8.72. The second-order valence-corrected chi connectivity index (χ2v) is 6.36. The van der Waals surface area contributed by atoms with E-state index < -0.39 is 14.9 Å². The highest BCUT2D eigenvalue weighted by Gasteiger charge is 2.42. The number of rotatable bonds is 4. The molecule has 18 heavy (non-hydrogen) atoms. The van der Waals surface area contributed by atoms with E-state index in [2.05, 4.69) is 6.58 Å². The van der Waals surface area contributed by atoms with Crippen molar-refractivity contribution in [3.63, 3.8) is 0 Å². The normalized spacial score (nSPS) is 14.7. The first kappa shape index (κ1) is 16.8. The second kappa shape index (κ2) is 5.65. The zero-order chi connectivity index (χ0) is 13.3. The summed E-state index contributed by atoms with van der Waals surface area (Å²) in [4.78, 5) is 0. The van der Waals surface area contributed by atoms with E-state index in [1.165, 1.54) is 6.92 Å². The smallest absolute Gasteiger partial charge is 0.274 e. The van der Waals surface area contributed by atoms with E-state index in [9.17, 15) is 13.0 Å². The van der Waals surface area contributed by atoms with Crippen LogP contribution >= 0.6 is 0 Å². The van der Waals surface area contributed by atoms with Crippen molar-refractivity contribution in [1.29, 1.82) is 0 Å². The molecule has 5 heteroatoms. The summed E-state index contributed by atoms with van der Waals surface area (Å²) in [5.74, 6) is -0.230. The van der Waals surface area contributed by atoms with Gasteiger partial charge in [0.2, 0.25) is 0 Å². The van der Waals surface area contributed by atoms with Crippen LogP contribution in [-0.4, -0.2) is 13.0 Å². The van der Waals surface area contributed by atoms with E-state index in [4.69, 9.17) is 0 Å². The van der Waals surface area contributed by atoms with Crippen LogP contribution in [-0.2, 0) is 14.9 Å². The van der Waals surface area contributed by atoms with Crippen LogP contribution in [0.2, 0.25) is 0 Å². The van der Waals surface area contributed by atoms with E-state index in [0.717, 1.165) is 5.56 Å². The van der Waals surface area contributed by atoms with E-state index in [1.54, 1.807) is 44.2 Å². The summed E-state index contributed by atoms with van der Waals surface area (Å²) < 4.78 is 31.3. The van der Waals surface area contributed by atoms with Crippen molar-refractivity contribution >= 4 is 16.2 Å². The molecule has 0 spiro atoms. The molecule has 0 bridgehead atoms. The maximum Gasteiger partial charge on any atom is 0.274 e. The fourth-order valence-electron chi connectivity index (χ4n) is 1.73. The Kier molecular flexibility index (Phi) is 5.28. The number of hydrogen-bond donors (Lipinski definition) is 2. The molecule has 0 radical (unpaired) electrons. The largest absolute Gasteiger partial charge is 0.344 e. The van der Waals surface area contributed by atoms with Gasteiger partial charge in [-0.05, 0) is 24.0 Å². The molecule has 1 aromatic carbocycles. The standard InChI is InChI=1S/C13H18O3S.H3N/c1-5-11-6-8-12(9-7-11)13(4,10(2)3)17(14,15)16;/h5-10H,1H2,2-4H3,(H,14,15,16);1H3. The fraction of sp³-hybridized carbons (Fsp3) is 0.385. The topological polar surface area (TPSA) is 89.4 Å². The highest BCUT2D eigenvalue weighted by atomic mass is 32.2. The zero-order valence-electron chi connectivity index (χ0n) is 11.1. The van der Waals surface area contributed by atoms with Crippen LogP contribution in [0.15, 0.2) is 30.8 Å². The Bertz CT molecular complexity index is 506. The molecule has 0 aliphatic carbocycles. The molecular formula is C13H21NO3S. The van der Waals surface area contributed by atoms with E-state index >= 15 is 0 Å². The lowest BCUT2D eigenvalue weighted by Gasteiger charge is -2.30. The molecule has 102 valence electrons. The van der Waals surface area contributed by atoms with Gasteiger partial charge < -0.3 is 6.15 Å². The predicted octanol–water partition coefficient (Wildman–Crippen LogP) is 3.25. The lowest BCUT2D eigenvalue weighted by molar-refractivity contribution is 0.381. The number of hydrogen-bond acceptors (Lipinski definition) is 3. The van der Waals surface area contributed by atoms with Gasteiger partial charge in [0.15, 0.2) is 0 Å². The van der Waals surface area contributed by atoms with Crippen LogP contribution in [0, 0.1) is 5.92 Å². The molecule has 0 amide bonds. The Labute approximate surface area is 109 Å². The molecule has 1 aromatic rings. The molecule has 1 unspecified atom stereocenters. The average molecular weight is 271 g/mol. The molecule has 0 aliphatic rings. The Morgan fingerprint density at radius 1 is 1.28 bits per heavy atom. The molecule has 0 saturated heterocycles. The number of benzene rings is 1. The van der Waals surface area contributed by atoms with Gasteiger partial charge in [-0.25, -0.2) is 0 Å². The third-order valence-corrected chi connectivity index (χ3v) is 5.14. The lowest BCUT2D eigenvalue weighted by atomic mass is 9.88. The van der Waals surface area contributed by atoms with Gasteiger partial charge in [0.25, 0.3) is 10.1 Å². The first-order valence-electron chi connectivity index (χ1n) is 5.43. The van der Waals surface area contributed by atoms with Crippen LogP contribution in [0.5, 0.6) is 0 Å². The van der Waals surface area contributed by atoms with Crippen LogP contribution in [0.3, 0.4) is 0 Å². The maximum atomic E-state index is 11.6. The van der Waals surface area contributed by atoms with Crippen LogP contribution in [0.25, 0.3) is 6.08 Å². The van der Waals surface area contributed by atoms with Crippen molar-refractivity contribution in [2.24, 2.45) is 5.92 Å². The minimum atomic E-state index is -4.16. The Balaban J connectivity index is 0.00000289. The summed E-state index contributed by atoms with van der Waals surface area (Å²) >= 11 is 0. The zero-order valence-corrected chi connectivity index (χ0v) is 11.9. The van der Waals surface area contributed by atoms with Crippen molar-refractivity contribution in [3.8, 4) is 0 Å². The van der Waals surface area contributed by atoms with Gasteiger partial charge in [-0.2, -0.15) is 8.42 Å². The highest BCUT2D eigenvalue weighted by Crippen LogP contribution is 2.36. The first-order chi connectivity index (χ1) is 7.73. The summed E-state index contributed by atoms with van der Waals surface area (Å²) in [7, 11) is -4.16. The third-order valence-electron chi connectivity index (χ3n) is 3.36. The van der Waals surface area contributed by atoms with E-state index in [-0.39, 0.29) is 12.1 Å². The SMILES string of the molecule is C=Cc1ccc(C(C)(C(C)C)S(=O)(=O)O)cc1.N. The summed E-state index contributed by atoms with van der Waals surface area (Å²) in [5.41, 5.74) is 1.50. The molecule has 1 rings (SSSR count). The second-order valence-electron chi connectivity index (χ2n) is 4.56. The predicted molar refractivity (Wildman–Crippen MR) is 75.3 cm³/mol. The molecule has 1 atom stereocenters. The van der Waals surface area contributed by atoms with Crippen molar-refractivity contribution < 1.29 is 13.0 Å². The monoisotopic (exact) mass is 271 g/mol. The molecule has 0 aromatic heterocycles. The van der Waals surface area contributed by atoms with Gasteiger partial charge in [-0.15, -0.1) is 0 Å². The van der Waals surface area contributed by atoms with Crippen molar-refractivity contribution in [2.45, 2.75) is 25.5 Å². The minimum absolute atomic E-state index is 0. The van der Waals surface area contributed by atoms with Gasteiger partial charge >= 0.3 is 0 Å². The van der Waals surface area contributed by atoms with Crippen molar-refractivity contribution in [3.05, 3.63) is 42.0 Å². The van der Waals surface area contributed by atoms with Crippen molar-refractivity contribution in [2.75, 3.05) is 0 Å². The van der Waals surface area contributed by atoms with Gasteiger partial charge in [0.1, 0.15) is 4.75 Å². The van der Waals surface area contributed by atoms with E-state index in [0.29, 0.717) is 5.56 Å². The summed E-state index contributed by atoms with van der Waals surface area (Å²) in [6.07, 6.45) is 1.68. The first-order valence-corrected chi connectivity index (χ1v) is 6.87. The lowest BCUT2D eigenvalue weighted by Crippen LogP contribution is -2.37. The van der Waals surface area contributed by atoms with Crippen LogP contribution < -0.4 is 6.15 Å². The summed E-state index contributed by atoms with van der Waals surface area (Å²) in [5, 5.41) is 0. The van der Waals surface area contributed by atoms with Gasteiger partial charge in [0.05, 0.1) is 0 Å². The Morgan fingerprint density at radius 2 is 1.72 bits per heavy atom. The van der Waals surface area contributed by atoms with Crippen molar-refractivity contribution in [1.82, 2.24) is 6.15 Å².